The number of rotatable bonds is 4. The maximum atomic E-state index is 13.0. The molecule has 1 N–H and O–H groups in total. The normalized spacial score (nSPS) is 20.9. The summed E-state index contributed by atoms with van der Waals surface area (Å²) in [5.41, 5.74) is -1.20. The van der Waals surface area contributed by atoms with Gasteiger partial charge < -0.3 is 10.0 Å². The van der Waals surface area contributed by atoms with Gasteiger partial charge in [-0.3, -0.25) is 10.1 Å². The smallest absolute Gasteiger partial charge is 0.270 e. The van der Waals surface area contributed by atoms with Crippen LogP contribution in [-0.4, -0.2) is 28.7 Å². The van der Waals surface area contributed by atoms with Gasteiger partial charge in [-0.2, -0.15) is 0 Å². The third kappa shape index (κ3) is 2.11. The molecule has 7 heteroatoms. The van der Waals surface area contributed by atoms with Gasteiger partial charge in [-0.1, -0.05) is 0 Å². The summed E-state index contributed by atoms with van der Waals surface area (Å²) in [7, 11) is 0. The molecule has 0 unspecified atom stereocenters. The highest BCUT2D eigenvalue weighted by molar-refractivity contribution is 5.61. The average Bonchev–Trinajstić information content (AvgIpc) is 3.18. The zero-order valence-corrected chi connectivity index (χ0v) is 10.6. The Hall–Kier alpha value is -1.76. The molecular formula is C13H14F2N2O3. The highest BCUT2D eigenvalue weighted by Crippen LogP contribution is 2.47. The molecule has 1 aliphatic carbocycles. The molecule has 0 spiro atoms. The Labute approximate surface area is 114 Å². The number of hydrogen-bond acceptors (Lipinski definition) is 4. The fourth-order valence-electron chi connectivity index (χ4n) is 2.78. The van der Waals surface area contributed by atoms with Crippen molar-refractivity contribution in [2.75, 3.05) is 18.0 Å². The number of β-amino-alcohol motifs (C(OH)–C–C–N with tert-alkyl or cyclic N) is 1. The zero-order valence-electron chi connectivity index (χ0n) is 10.6. The van der Waals surface area contributed by atoms with Crippen molar-refractivity contribution in [3.05, 3.63) is 33.9 Å². The maximum absolute atomic E-state index is 13.0. The van der Waals surface area contributed by atoms with Gasteiger partial charge in [0.15, 0.2) is 0 Å². The van der Waals surface area contributed by atoms with Crippen LogP contribution in [0.1, 0.15) is 24.8 Å². The fourth-order valence-corrected chi connectivity index (χ4v) is 2.78. The number of nitro groups is 1. The Bertz CT molecular complexity index is 555. The number of benzene rings is 1. The van der Waals surface area contributed by atoms with E-state index in [9.17, 15) is 24.0 Å². The van der Waals surface area contributed by atoms with Gasteiger partial charge in [0.25, 0.3) is 12.1 Å². The second-order valence-corrected chi connectivity index (χ2v) is 5.53. The van der Waals surface area contributed by atoms with Crippen molar-refractivity contribution in [3.8, 4) is 0 Å². The van der Waals surface area contributed by atoms with E-state index in [0.717, 1.165) is 18.9 Å². The molecule has 3 rings (SSSR count). The van der Waals surface area contributed by atoms with E-state index in [0.29, 0.717) is 13.1 Å². The van der Waals surface area contributed by atoms with Gasteiger partial charge in [-0.25, -0.2) is 8.78 Å². The van der Waals surface area contributed by atoms with Crippen molar-refractivity contribution in [2.45, 2.75) is 24.9 Å². The summed E-state index contributed by atoms with van der Waals surface area (Å²) in [4.78, 5) is 11.6. The maximum Gasteiger partial charge on any atom is 0.270 e. The summed E-state index contributed by atoms with van der Waals surface area (Å²) >= 11 is 0. The summed E-state index contributed by atoms with van der Waals surface area (Å²) in [5, 5.41) is 20.9. The van der Waals surface area contributed by atoms with Gasteiger partial charge in [-0.15, -0.1) is 0 Å². The summed E-state index contributed by atoms with van der Waals surface area (Å²) in [6, 6.07) is 3.47. The van der Waals surface area contributed by atoms with Crippen molar-refractivity contribution < 1.29 is 18.8 Å². The monoisotopic (exact) mass is 284 g/mol. The summed E-state index contributed by atoms with van der Waals surface area (Å²) in [6.45, 7) is 0.629. The van der Waals surface area contributed by atoms with Crippen LogP contribution in [0.3, 0.4) is 0 Å². The van der Waals surface area contributed by atoms with Crippen LogP contribution in [0.2, 0.25) is 0 Å². The van der Waals surface area contributed by atoms with Crippen molar-refractivity contribution >= 4 is 11.4 Å². The molecule has 108 valence electrons. The molecule has 20 heavy (non-hydrogen) atoms. The number of aliphatic hydroxyl groups is 1. The van der Waals surface area contributed by atoms with Crippen LogP contribution >= 0.6 is 0 Å². The van der Waals surface area contributed by atoms with Gasteiger partial charge in [0.2, 0.25) is 0 Å². The van der Waals surface area contributed by atoms with Crippen LogP contribution in [0.5, 0.6) is 0 Å². The fraction of sp³-hybridized carbons (Fsp3) is 0.538. The summed E-state index contributed by atoms with van der Waals surface area (Å²) < 4.78 is 26.1. The molecular weight excluding hydrogens is 270 g/mol. The van der Waals surface area contributed by atoms with Gasteiger partial charge in [0.1, 0.15) is 5.60 Å². The van der Waals surface area contributed by atoms with E-state index in [-0.39, 0.29) is 22.9 Å². The molecule has 1 aliphatic heterocycles. The van der Waals surface area contributed by atoms with Gasteiger partial charge in [0, 0.05) is 36.5 Å². The zero-order chi connectivity index (χ0) is 14.5. The van der Waals surface area contributed by atoms with Crippen molar-refractivity contribution in [1.82, 2.24) is 0 Å². The molecule has 0 bridgehead atoms. The minimum absolute atomic E-state index is 0.270. The van der Waals surface area contributed by atoms with E-state index in [2.05, 4.69) is 0 Å². The number of alkyl halides is 2. The molecule has 0 atom stereocenters. The lowest BCUT2D eigenvalue weighted by atomic mass is 9.87. The first-order valence-electron chi connectivity index (χ1n) is 6.44. The molecule has 1 heterocycles. The Morgan fingerprint density at radius 2 is 2.05 bits per heavy atom. The Kier molecular flexibility index (Phi) is 2.89. The Balaban J connectivity index is 1.84. The third-order valence-electron chi connectivity index (χ3n) is 4.06. The van der Waals surface area contributed by atoms with E-state index >= 15 is 0 Å². The Morgan fingerprint density at radius 3 is 2.55 bits per heavy atom. The van der Waals surface area contributed by atoms with Crippen LogP contribution in [0.25, 0.3) is 0 Å². The van der Waals surface area contributed by atoms with E-state index in [1.807, 2.05) is 0 Å². The standard InChI is InChI=1S/C13H14F2N2O3/c14-12(15)10-5-9(17(19)20)3-4-11(10)16-6-13(18,7-16)8-1-2-8/h3-5,8,12,18H,1-2,6-7H2. The van der Waals surface area contributed by atoms with Gasteiger partial charge in [0.05, 0.1) is 4.92 Å². The number of non-ortho nitro benzene ring substituents is 1. The molecule has 0 radical (unpaired) electrons. The summed E-state index contributed by atoms with van der Waals surface area (Å²) in [6.07, 6.45) is -0.821. The molecule has 0 aromatic heterocycles. The summed E-state index contributed by atoms with van der Waals surface area (Å²) in [5.74, 6) is 0.270. The van der Waals surface area contributed by atoms with E-state index in [4.69, 9.17) is 0 Å². The van der Waals surface area contributed by atoms with Crippen LogP contribution in [-0.2, 0) is 0 Å². The molecule has 2 fully saturated rings. The minimum atomic E-state index is -2.78. The highest BCUT2D eigenvalue weighted by atomic mass is 19.3. The molecule has 1 saturated carbocycles. The average molecular weight is 284 g/mol. The topological polar surface area (TPSA) is 66.6 Å². The van der Waals surface area contributed by atoms with Crippen molar-refractivity contribution in [3.63, 3.8) is 0 Å². The lowest BCUT2D eigenvalue weighted by molar-refractivity contribution is -0.385. The molecule has 1 saturated heterocycles. The lowest BCUT2D eigenvalue weighted by Gasteiger charge is -2.49. The third-order valence-corrected chi connectivity index (χ3v) is 4.06. The van der Waals surface area contributed by atoms with Gasteiger partial charge in [-0.05, 0) is 24.8 Å². The molecule has 2 aliphatic rings. The number of nitrogens with zero attached hydrogens (tertiary/aromatic N) is 2. The van der Waals surface area contributed by atoms with Crippen LogP contribution in [0, 0.1) is 16.0 Å². The molecule has 1 aromatic carbocycles. The van der Waals surface area contributed by atoms with E-state index in [1.165, 1.54) is 12.1 Å². The first-order valence-corrected chi connectivity index (χ1v) is 6.44. The molecule has 5 nitrogen and oxygen atoms in total. The van der Waals surface area contributed by atoms with Crippen molar-refractivity contribution in [2.24, 2.45) is 5.92 Å². The first-order chi connectivity index (χ1) is 9.40. The lowest BCUT2D eigenvalue weighted by Crippen LogP contribution is -2.63. The second-order valence-electron chi connectivity index (χ2n) is 5.53. The number of halogens is 2. The van der Waals surface area contributed by atoms with Gasteiger partial charge >= 0.3 is 0 Å². The highest BCUT2D eigenvalue weighted by Gasteiger charge is 2.52. The predicted molar refractivity (Wildman–Crippen MR) is 67.9 cm³/mol. The number of nitro benzene ring substituents is 1. The number of hydrogen-bond donors (Lipinski definition) is 1. The van der Waals surface area contributed by atoms with Crippen LogP contribution in [0.15, 0.2) is 18.2 Å². The quantitative estimate of drug-likeness (QED) is 0.681. The number of anilines is 1. The largest absolute Gasteiger partial charge is 0.386 e. The molecule has 1 aromatic rings. The SMILES string of the molecule is O=[N+]([O-])c1ccc(N2CC(O)(C3CC3)C2)c(C(F)F)c1. The second kappa shape index (κ2) is 4.37. The Morgan fingerprint density at radius 1 is 1.40 bits per heavy atom. The first kappa shape index (κ1) is 13.2. The van der Waals surface area contributed by atoms with Crippen molar-refractivity contribution in [1.29, 1.82) is 0 Å². The molecule has 0 amide bonds. The van der Waals surface area contributed by atoms with E-state index < -0.39 is 16.9 Å². The van der Waals surface area contributed by atoms with Crippen LogP contribution < -0.4 is 4.90 Å². The van der Waals surface area contributed by atoms with E-state index in [1.54, 1.807) is 4.90 Å². The minimum Gasteiger partial charge on any atom is -0.386 e. The predicted octanol–water partition coefficient (Wildman–Crippen LogP) is 2.49. The van der Waals surface area contributed by atoms with Crippen LogP contribution in [0.4, 0.5) is 20.2 Å².